The van der Waals surface area contributed by atoms with E-state index in [0.717, 1.165) is 22.1 Å². The molecule has 1 atom stereocenters. The fourth-order valence-corrected chi connectivity index (χ4v) is 4.65. The van der Waals surface area contributed by atoms with Gasteiger partial charge in [-0.05, 0) is 30.2 Å². The Labute approximate surface area is 163 Å². The van der Waals surface area contributed by atoms with E-state index in [4.69, 9.17) is 4.74 Å². The van der Waals surface area contributed by atoms with Crippen LogP contribution in [0, 0.1) is 0 Å². The highest BCUT2D eigenvalue weighted by Crippen LogP contribution is 2.47. The van der Waals surface area contributed by atoms with Gasteiger partial charge in [0.1, 0.15) is 0 Å². The molecule has 0 bridgehead atoms. The number of amides is 3. The first kappa shape index (κ1) is 17.3. The van der Waals surface area contributed by atoms with Crippen molar-refractivity contribution in [2.45, 2.75) is 11.8 Å². The molecule has 9 heteroatoms. The van der Waals surface area contributed by atoms with Crippen LogP contribution in [0.2, 0.25) is 0 Å². The summed E-state index contributed by atoms with van der Waals surface area (Å²) >= 11 is 4.90. The van der Waals surface area contributed by atoms with E-state index < -0.39 is 0 Å². The Kier molecular flexibility index (Phi) is 4.36. The number of halogens is 1. The molecule has 1 fully saturated rings. The van der Waals surface area contributed by atoms with Crippen LogP contribution >= 0.6 is 27.3 Å². The number of aromatic nitrogens is 1. The van der Waals surface area contributed by atoms with Crippen molar-refractivity contribution in [1.82, 2.24) is 9.88 Å². The van der Waals surface area contributed by atoms with E-state index in [-0.39, 0.29) is 17.5 Å². The van der Waals surface area contributed by atoms with Crippen LogP contribution in [0.15, 0.2) is 34.2 Å². The molecule has 4 rings (SSSR count). The molecular weight excluding hydrogens is 420 g/mol. The fourth-order valence-electron chi connectivity index (χ4n) is 3.77. The number of likely N-dealkylation sites (tertiary alicyclic amines) is 1. The number of ether oxygens (including phenoxy) is 1. The highest BCUT2D eigenvalue weighted by molar-refractivity contribution is 9.10. The van der Waals surface area contributed by atoms with E-state index in [0.29, 0.717) is 24.8 Å². The average Bonchev–Trinajstić information content (AvgIpc) is 3.35. The second-order valence-electron chi connectivity index (χ2n) is 6.44. The highest BCUT2D eigenvalue weighted by Gasteiger charge is 2.50. The van der Waals surface area contributed by atoms with E-state index >= 15 is 0 Å². The number of rotatable bonds is 1. The summed E-state index contributed by atoms with van der Waals surface area (Å²) < 4.78 is 5.82. The molecule has 1 aromatic heterocycles. The first-order valence-corrected chi connectivity index (χ1v) is 9.81. The molecule has 0 aliphatic carbocycles. The van der Waals surface area contributed by atoms with E-state index in [1.54, 1.807) is 16.0 Å². The van der Waals surface area contributed by atoms with E-state index in [1.807, 2.05) is 23.6 Å². The van der Waals surface area contributed by atoms with Crippen LogP contribution < -0.4 is 10.2 Å². The van der Waals surface area contributed by atoms with Crippen LogP contribution in [-0.4, -0.2) is 48.8 Å². The van der Waals surface area contributed by atoms with Crippen molar-refractivity contribution in [2.24, 2.45) is 0 Å². The molecule has 1 N–H and O–H groups in total. The SMILES string of the molecule is COC(=O)N1CC[C@@]2(C1)CN(C(=O)Nc1nccs1)c1ccc(Br)cc12. The standard InChI is InChI=1S/C17H17BrN4O3S/c1-25-16(24)21-6-4-17(9-21)10-22(13-3-2-11(18)8-12(13)17)15(23)20-14-19-5-7-26-14/h2-3,5,7-8H,4,6,9-10H2,1H3,(H,19,20,23)/t17-/m1/s1. The summed E-state index contributed by atoms with van der Waals surface area (Å²) in [5.41, 5.74) is 1.66. The maximum atomic E-state index is 12.8. The monoisotopic (exact) mass is 436 g/mol. The van der Waals surface area contributed by atoms with E-state index in [9.17, 15) is 9.59 Å². The molecule has 1 aromatic carbocycles. The van der Waals surface area contributed by atoms with Gasteiger partial charge in [0.05, 0.1) is 7.11 Å². The Hall–Kier alpha value is -2.13. The van der Waals surface area contributed by atoms with E-state index in [2.05, 4.69) is 26.2 Å². The van der Waals surface area contributed by atoms with Gasteiger partial charge in [-0.25, -0.2) is 14.6 Å². The minimum absolute atomic E-state index is 0.211. The van der Waals surface area contributed by atoms with Crippen LogP contribution in [0.5, 0.6) is 0 Å². The molecule has 2 aliphatic rings. The number of carbonyl (C=O) groups excluding carboxylic acids is 2. The molecule has 2 aromatic rings. The lowest BCUT2D eigenvalue weighted by Crippen LogP contribution is -2.41. The number of fused-ring (bicyclic) bond motifs is 2. The third-order valence-electron chi connectivity index (χ3n) is 4.96. The van der Waals surface area contributed by atoms with Crippen LogP contribution in [0.3, 0.4) is 0 Å². The molecule has 1 spiro atoms. The van der Waals surface area contributed by atoms with Gasteiger partial charge in [0.15, 0.2) is 5.13 Å². The molecule has 136 valence electrons. The first-order chi connectivity index (χ1) is 12.5. The predicted octanol–water partition coefficient (Wildman–Crippen LogP) is 3.67. The van der Waals surface area contributed by atoms with Gasteiger partial charge >= 0.3 is 12.1 Å². The lowest BCUT2D eigenvalue weighted by molar-refractivity contribution is 0.131. The molecule has 26 heavy (non-hydrogen) atoms. The molecule has 0 radical (unpaired) electrons. The second-order valence-corrected chi connectivity index (χ2v) is 8.25. The van der Waals surface area contributed by atoms with Crippen molar-refractivity contribution in [1.29, 1.82) is 0 Å². The zero-order valence-corrected chi connectivity index (χ0v) is 16.5. The Morgan fingerprint density at radius 2 is 2.23 bits per heavy atom. The lowest BCUT2D eigenvalue weighted by Gasteiger charge is -2.25. The van der Waals surface area contributed by atoms with Gasteiger partial charge in [0, 0.05) is 46.8 Å². The Morgan fingerprint density at radius 3 is 2.96 bits per heavy atom. The molecule has 2 aliphatic heterocycles. The number of hydrogen-bond acceptors (Lipinski definition) is 5. The number of methoxy groups -OCH3 is 1. The summed E-state index contributed by atoms with van der Waals surface area (Å²) in [6.45, 7) is 1.66. The number of benzene rings is 1. The van der Waals surface area contributed by atoms with Gasteiger partial charge < -0.3 is 9.64 Å². The van der Waals surface area contributed by atoms with Crippen LogP contribution in [0.1, 0.15) is 12.0 Å². The Balaban J connectivity index is 1.66. The van der Waals surface area contributed by atoms with Crippen molar-refractivity contribution in [3.05, 3.63) is 39.8 Å². The molecular formula is C17H17BrN4O3S. The predicted molar refractivity (Wildman–Crippen MR) is 103 cm³/mol. The van der Waals surface area contributed by atoms with Gasteiger partial charge in [-0.15, -0.1) is 11.3 Å². The summed E-state index contributed by atoms with van der Waals surface area (Å²) in [7, 11) is 1.39. The quantitative estimate of drug-likeness (QED) is 0.739. The number of anilines is 2. The van der Waals surface area contributed by atoms with Gasteiger partial charge in [0.25, 0.3) is 0 Å². The normalized spacial score (nSPS) is 21.2. The van der Waals surface area contributed by atoms with Crippen LogP contribution in [0.4, 0.5) is 20.4 Å². The van der Waals surface area contributed by atoms with Crippen molar-refractivity contribution >= 4 is 50.2 Å². The van der Waals surface area contributed by atoms with Crippen LogP contribution in [0.25, 0.3) is 0 Å². The molecule has 0 saturated carbocycles. The molecule has 1 saturated heterocycles. The highest BCUT2D eigenvalue weighted by atomic mass is 79.9. The Morgan fingerprint density at radius 1 is 1.38 bits per heavy atom. The fraction of sp³-hybridized carbons (Fsp3) is 0.353. The number of hydrogen-bond donors (Lipinski definition) is 1. The minimum Gasteiger partial charge on any atom is -0.453 e. The summed E-state index contributed by atoms with van der Waals surface area (Å²) in [5.74, 6) is 0. The number of carbonyl (C=O) groups is 2. The zero-order valence-electron chi connectivity index (χ0n) is 14.1. The molecule has 0 unspecified atom stereocenters. The number of urea groups is 1. The number of nitrogens with zero attached hydrogens (tertiary/aromatic N) is 3. The average molecular weight is 437 g/mol. The summed E-state index contributed by atoms with van der Waals surface area (Å²) in [5, 5.41) is 5.23. The smallest absolute Gasteiger partial charge is 0.409 e. The molecule has 7 nitrogen and oxygen atoms in total. The van der Waals surface area contributed by atoms with Gasteiger partial charge in [0.2, 0.25) is 0 Å². The largest absolute Gasteiger partial charge is 0.453 e. The maximum Gasteiger partial charge on any atom is 0.409 e. The van der Waals surface area contributed by atoms with Crippen LogP contribution in [-0.2, 0) is 10.2 Å². The number of nitrogens with one attached hydrogen (secondary N) is 1. The summed E-state index contributed by atoms with van der Waals surface area (Å²) in [6, 6.07) is 5.70. The third kappa shape index (κ3) is 2.84. The summed E-state index contributed by atoms with van der Waals surface area (Å²) in [6.07, 6.45) is 2.11. The van der Waals surface area contributed by atoms with Crippen molar-refractivity contribution in [3.8, 4) is 0 Å². The van der Waals surface area contributed by atoms with Gasteiger partial charge in [-0.1, -0.05) is 15.9 Å². The first-order valence-electron chi connectivity index (χ1n) is 8.13. The number of thiazole rings is 1. The van der Waals surface area contributed by atoms with Crippen molar-refractivity contribution in [3.63, 3.8) is 0 Å². The van der Waals surface area contributed by atoms with Gasteiger partial charge in [-0.3, -0.25) is 10.2 Å². The maximum absolute atomic E-state index is 12.8. The van der Waals surface area contributed by atoms with Crippen molar-refractivity contribution < 1.29 is 14.3 Å². The molecule has 3 heterocycles. The van der Waals surface area contributed by atoms with Gasteiger partial charge in [-0.2, -0.15) is 0 Å². The summed E-state index contributed by atoms with van der Waals surface area (Å²) in [4.78, 5) is 32.3. The zero-order chi connectivity index (χ0) is 18.3. The molecule has 3 amide bonds. The Bertz CT molecular complexity index is 860. The minimum atomic E-state index is -0.330. The van der Waals surface area contributed by atoms with Crippen molar-refractivity contribution in [2.75, 3.05) is 37.0 Å². The lowest BCUT2D eigenvalue weighted by atomic mass is 9.82. The topological polar surface area (TPSA) is 74.8 Å². The second kappa shape index (κ2) is 6.55. The third-order valence-corrected chi connectivity index (χ3v) is 6.14. The van der Waals surface area contributed by atoms with E-state index in [1.165, 1.54) is 18.4 Å².